The molecule has 2 aromatic carbocycles. The van der Waals surface area contributed by atoms with Crippen molar-refractivity contribution in [3.63, 3.8) is 0 Å². The Hall–Kier alpha value is -2.98. The van der Waals surface area contributed by atoms with Gasteiger partial charge in [-0.3, -0.25) is 0 Å². The van der Waals surface area contributed by atoms with Gasteiger partial charge in [-0.15, -0.1) is 0 Å². The highest BCUT2D eigenvalue weighted by molar-refractivity contribution is 7.90. The van der Waals surface area contributed by atoms with Crippen molar-refractivity contribution < 1.29 is 21.6 Å². The van der Waals surface area contributed by atoms with E-state index in [0.29, 0.717) is 31.9 Å². The molecule has 1 aromatic heterocycles. The van der Waals surface area contributed by atoms with Crippen molar-refractivity contribution in [2.24, 2.45) is 5.92 Å². The first kappa shape index (κ1) is 23.7. The summed E-state index contributed by atoms with van der Waals surface area (Å²) >= 11 is 0. The summed E-state index contributed by atoms with van der Waals surface area (Å²) in [6.07, 6.45) is -0.0256. The number of halogens is 3. The highest BCUT2D eigenvalue weighted by Crippen LogP contribution is 2.42. The van der Waals surface area contributed by atoms with Crippen LogP contribution in [0.15, 0.2) is 60.9 Å². The third kappa shape index (κ3) is 4.90. The molecule has 35 heavy (non-hydrogen) atoms. The summed E-state index contributed by atoms with van der Waals surface area (Å²) in [6.45, 7) is 0.617. The van der Waals surface area contributed by atoms with Crippen LogP contribution in [0.4, 0.5) is 19.1 Å². The molecule has 0 radical (unpaired) electrons. The molecule has 0 saturated carbocycles. The van der Waals surface area contributed by atoms with Gasteiger partial charge >= 0.3 is 16.4 Å². The molecule has 2 aliphatic rings. The molecule has 1 atom stereocenters. The van der Waals surface area contributed by atoms with Crippen molar-refractivity contribution >= 4 is 16.2 Å². The molecular weight excluding hydrogens is 477 g/mol. The fourth-order valence-corrected chi connectivity index (χ4v) is 6.47. The third-order valence-electron chi connectivity index (χ3n) is 6.88. The second-order valence-electron chi connectivity index (χ2n) is 9.04. The van der Waals surface area contributed by atoms with E-state index in [2.05, 4.69) is 39.0 Å². The van der Waals surface area contributed by atoms with Gasteiger partial charge in [0.25, 0.3) is 0 Å². The maximum Gasteiger partial charge on any atom is 0.419 e. The lowest BCUT2D eigenvalue weighted by Gasteiger charge is -2.37. The molecular formula is C25H25F3N4O2S. The molecule has 1 fully saturated rings. The normalized spacial score (nSPS) is 19.5. The minimum atomic E-state index is -4.59. The molecule has 1 N–H and O–H groups in total. The van der Waals surface area contributed by atoms with Crippen LogP contribution < -0.4 is 4.72 Å². The number of aromatic nitrogens is 2. The van der Waals surface area contributed by atoms with Gasteiger partial charge in [-0.25, -0.2) is 14.7 Å². The van der Waals surface area contributed by atoms with Gasteiger partial charge < -0.3 is 0 Å². The van der Waals surface area contributed by atoms with Crippen LogP contribution in [0.5, 0.6) is 0 Å². The molecule has 3 aromatic rings. The molecule has 1 aliphatic heterocycles. The largest absolute Gasteiger partial charge is 0.419 e. The number of rotatable bonds is 4. The van der Waals surface area contributed by atoms with Crippen LogP contribution in [0.2, 0.25) is 0 Å². The van der Waals surface area contributed by atoms with Crippen LogP contribution in [0.3, 0.4) is 0 Å². The zero-order valence-electron chi connectivity index (χ0n) is 18.9. The van der Waals surface area contributed by atoms with Crippen LogP contribution in [-0.2, 0) is 29.2 Å². The fraction of sp³-hybridized carbons (Fsp3) is 0.360. The number of fused-ring (bicyclic) bond motifs is 2. The molecule has 184 valence electrons. The lowest BCUT2D eigenvalue weighted by molar-refractivity contribution is -0.138. The number of aryl methyl sites for hydroxylation is 2. The zero-order valence-corrected chi connectivity index (χ0v) is 19.7. The predicted octanol–water partition coefficient (Wildman–Crippen LogP) is 4.79. The van der Waals surface area contributed by atoms with E-state index in [1.807, 2.05) is 24.3 Å². The minimum absolute atomic E-state index is 0.0502. The van der Waals surface area contributed by atoms with Gasteiger partial charge in [0.1, 0.15) is 0 Å². The lowest BCUT2D eigenvalue weighted by Crippen LogP contribution is -2.44. The maximum atomic E-state index is 13.1. The molecule has 6 nitrogen and oxygen atoms in total. The Kier molecular flexibility index (Phi) is 6.27. The monoisotopic (exact) mass is 502 g/mol. The molecule has 2 heterocycles. The molecule has 0 bridgehead atoms. The Morgan fingerprint density at radius 3 is 2.06 bits per heavy atom. The van der Waals surface area contributed by atoms with Gasteiger partial charge in [-0.2, -0.15) is 25.9 Å². The van der Waals surface area contributed by atoms with Crippen LogP contribution in [0.25, 0.3) is 0 Å². The number of nitrogens with zero attached hydrogens (tertiary/aromatic N) is 3. The van der Waals surface area contributed by atoms with E-state index in [1.54, 1.807) is 0 Å². The second kappa shape index (κ2) is 9.23. The van der Waals surface area contributed by atoms with Crippen molar-refractivity contribution in [2.75, 3.05) is 17.8 Å². The quantitative estimate of drug-likeness (QED) is 0.557. The molecule has 1 unspecified atom stereocenters. The van der Waals surface area contributed by atoms with Gasteiger partial charge in [0.15, 0.2) is 0 Å². The van der Waals surface area contributed by atoms with Crippen molar-refractivity contribution in [2.45, 2.75) is 37.8 Å². The van der Waals surface area contributed by atoms with Crippen LogP contribution in [0, 0.1) is 5.92 Å². The number of alkyl halides is 3. The van der Waals surface area contributed by atoms with E-state index in [1.165, 1.54) is 26.6 Å². The van der Waals surface area contributed by atoms with E-state index in [-0.39, 0.29) is 17.8 Å². The van der Waals surface area contributed by atoms with Crippen LogP contribution in [0.1, 0.15) is 46.6 Å². The SMILES string of the molecule is O=S(=O)(Nc1ncc(C(F)(F)F)cn1)N1CCCC(C2c3ccccc3CCc3ccccc32)C1. The topological polar surface area (TPSA) is 75.2 Å². The minimum Gasteiger partial charge on any atom is -0.238 e. The number of benzene rings is 2. The highest BCUT2D eigenvalue weighted by atomic mass is 32.2. The average molecular weight is 503 g/mol. The first-order valence-electron chi connectivity index (χ1n) is 11.5. The number of hydrogen-bond donors (Lipinski definition) is 1. The van der Waals surface area contributed by atoms with Crippen molar-refractivity contribution in [3.8, 4) is 0 Å². The highest BCUT2D eigenvalue weighted by Gasteiger charge is 2.37. The second-order valence-corrected chi connectivity index (χ2v) is 10.7. The number of piperidine rings is 1. The third-order valence-corrected chi connectivity index (χ3v) is 8.33. The molecule has 1 aliphatic carbocycles. The fourth-order valence-electron chi connectivity index (χ4n) is 5.25. The lowest BCUT2D eigenvalue weighted by atomic mass is 9.76. The summed E-state index contributed by atoms with van der Waals surface area (Å²) in [5, 5.41) is 0. The Morgan fingerprint density at radius 1 is 0.914 bits per heavy atom. The average Bonchev–Trinajstić information content (AvgIpc) is 3.01. The number of nitrogens with one attached hydrogen (secondary N) is 1. The Bertz CT molecular complexity index is 1270. The Balaban J connectivity index is 1.41. The van der Waals surface area contributed by atoms with E-state index < -0.39 is 21.9 Å². The summed E-state index contributed by atoms with van der Waals surface area (Å²) < 4.78 is 68.2. The first-order chi connectivity index (χ1) is 16.7. The predicted molar refractivity (Wildman–Crippen MR) is 126 cm³/mol. The standard InChI is InChI=1S/C25H25F3N4O2S/c26-25(27,28)20-14-29-24(30-15-20)31-35(33,34)32-13-5-8-19(16-32)23-21-9-3-1-6-17(21)11-12-18-7-2-4-10-22(18)23/h1-4,6-7,9-10,14-15,19,23H,5,8,11-13,16H2,(H,29,30,31). The van der Waals surface area contributed by atoms with Crippen LogP contribution >= 0.6 is 0 Å². The van der Waals surface area contributed by atoms with Crippen LogP contribution in [-0.4, -0.2) is 35.8 Å². The first-order valence-corrected chi connectivity index (χ1v) is 13.0. The van der Waals surface area contributed by atoms with E-state index in [4.69, 9.17) is 0 Å². The molecule has 0 spiro atoms. The molecule has 10 heteroatoms. The van der Waals surface area contributed by atoms with Gasteiger partial charge in [-0.1, -0.05) is 48.5 Å². The van der Waals surface area contributed by atoms with E-state index in [0.717, 1.165) is 19.3 Å². The Labute approximate surface area is 202 Å². The van der Waals surface area contributed by atoms with Crippen molar-refractivity contribution in [1.82, 2.24) is 14.3 Å². The van der Waals surface area contributed by atoms with Gasteiger partial charge in [0, 0.05) is 31.4 Å². The summed E-state index contributed by atoms with van der Waals surface area (Å²) in [7, 11) is -4.04. The van der Waals surface area contributed by atoms with E-state index in [9.17, 15) is 21.6 Å². The van der Waals surface area contributed by atoms with Gasteiger partial charge in [-0.05, 0) is 53.9 Å². The summed E-state index contributed by atoms with van der Waals surface area (Å²) in [5.41, 5.74) is 4.00. The van der Waals surface area contributed by atoms with Gasteiger partial charge in [0.05, 0.1) is 5.56 Å². The smallest absolute Gasteiger partial charge is 0.238 e. The maximum absolute atomic E-state index is 13.1. The number of anilines is 1. The molecule has 5 rings (SSSR count). The Morgan fingerprint density at radius 2 is 1.49 bits per heavy atom. The van der Waals surface area contributed by atoms with Crippen molar-refractivity contribution in [1.29, 1.82) is 0 Å². The zero-order chi connectivity index (χ0) is 24.6. The van der Waals surface area contributed by atoms with E-state index >= 15 is 0 Å². The van der Waals surface area contributed by atoms with Gasteiger partial charge in [0.2, 0.25) is 5.95 Å². The summed E-state index contributed by atoms with van der Waals surface area (Å²) in [4.78, 5) is 7.12. The molecule has 1 saturated heterocycles. The molecule has 0 amide bonds. The summed E-state index contributed by atoms with van der Waals surface area (Å²) in [6, 6.07) is 16.7. The van der Waals surface area contributed by atoms with Crippen molar-refractivity contribution in [3.05, 3.63) is 88.7 Å². The summed E-state index contributed by atoms with van der Waals surface area (Å²) in [5.74, 6) is -0.273. The number of hydrogen-bond acceptors (Lipinski definition) is 4.